The molecule has 1 aliphatic heterocycles. The molecule has 0 aliphatic carbocycles. The van der Waals surface area contributed by atoms with E-state index in [9.17, 15) is 0 Å². The summed E-state index contributed by atoms with van der Waals surface area (Å²) in [4.78, 5) is 8.71. The van der Waals surface area contributed by atoms with Gasteiger partial charge in [0.25, 0.3) is 0 Å². The fourth-order valence-electron chi connectivity index (χ4n) is 2.88. The Balaban J connectivity index is 1.32. The topological polar surface area (TPSA) is 59.1 Å². The van der Waals surface area contributed by atoms with Crippen LogP contribution in [0.25, 0.3) is 12.2 Å². The SMILES string of the molecule is C(=C1CNC(=Cc2ccc(OCc3ccccn3)cn2)CN1)c1ccccc1. The van der Waals surface area contributed by atoms with Crippen LogP contribution in [0.15, 0.2) is 84.5 Å². The summed E-state index contributed by atoms with van der Waals surface area (Å²) in [5.41, 5.74) is 5.27. The van der Waals surface area contributed by atoms with E-state index in [4.69, 9.17) is 4.74 Å². The Morgan fingerprint density at radius 1 is 0.821 bits per heavy atom. The zero-order valence-corrected chi connectivity index (χ0v) is 15.5. The lowest BCUT2D eigenvalue weighted by atomic mass is 10.1. The zero-order valence-electron chi connectivity index (χ0n) is 15.5. The molecule has 1 aromatic carbocycles. The van der Waals surface area contributed by atoms with Gasteiger partial charge in [-0.1, -0.05) is 36.4 Å². The van der Waals surface area contributed by atoms with Gasteiger partial charge in [-0.15, -0.1) is 0 Å². The van der Waals surface area contributed by atoms with E-state index in [1.54, 1.807) is 12.4 Å². The lowest BCUT2D eigenvalue weighted by Gasteiger charge is -2.22. The fourth-order valence-corrected chi connectivity index (χ4v) is 2.88. The molecule has 0 atom stereocenters. The Bertz CT molecular complexity index is 939. The zero-order chi connectivity index (χ0) is 19.0. The molecule has 140 valence electrons. The highest BCUT2D eigenvalue weighted by Crippen LogP contribution is 2.14. The van der Waals surface area contributed by atoms with Crippen molar-refractivity contribution in [3.8, 4) is 5.75 Å². The lowest BCUT2D eigenvalue weighted by molar-refractivity contribution is 0.300. The van der Waals surface area contributed by atoms with Crippen LogP contribution in [-0.2, 0) is 6.61 Å². The van der Waals surface area contributed by atoms with Gasteiger partial charge >= 0.3 is 0 Å². The highest BCUT2D eigenvalue weighted by atomic mass is 16.5. The molecule has 3 heterocycles. The average Bonchev–Trinajstić information content (AvgIpc) is 2.76. The van der Waals surface area contributed by atoms with Crippen molar-refractivity contribution in [3.63, 3.8) is 0 Å². The standard InChI is InChI=1S/C23H22N4O/c1-2-6-18(7-3-1)12-21-14-26-22(15-25-21)13-19-9-10-23(16-27-19)28-17-20-8-4-5-11-24-20/h1-13,16,25-26H,14-15,17H2. The first-order valence-corrected chi connectivity index (χ1v) is 9.28. The van der Waals surface area contributed by atoms with E-state index in [0.717, 1.165) is 35.9 Å². The molecular weight excluding hydrogens is 348 g/mol. The van der Waals surface area contributed by atoms with Crippen LogP contribution in [0, 0.1) is 0 Å². The summed E-state index contributed by atoms with van der Waals surface area (Å²) in [7, 11) is 0. The van der Waals surface area contributed by atoms with Crippen LogP contribution in [0.5, 0.6) is 5.75 Å². The van der Waals surface area contributed by atoms with Gasteiger partial charge in [-0.3, -0.25) is 9.97 Å². The van der Waals surface area contributed by atoms with Crippen LogP contribution in [-0.4, -0.2) is 23.1 Å². The molecule has 3 aromatic rings. The van der Waals surface area contributed by atoms with Gasteiger partial charge in [-0.25, -0.2) is 0 Å². The largest absolute Gasteiger partial charge is 0.486 e. The minimum Gasteiger partial charge on any atom is -0.486 e. The summed E-state index contributed by atoms with van der Waals surface area (Å²) >= 11 is 0. The minimum absolute atomic E-state index is 0.435. The van der Waals surface area contributed by atoms with Crippen molar-refractivity contribution in [1.82, 2.24) is 20.6 Å². The number of aromatic nitrogens is 2. The molecule has 5 heteroatoms. The molecule has 2 N–H and O–H groups in total. The van der Waals surface area contributed by atoms with Gasteiger partial charge in [-0.05, 0) is 42.0 Å². The van der Waals surface area contributed by atoms with Crippen molar-refractivity contribution < 1.29 is 4.74 Å². The van der Waals surface area contributed by atoms with Crippen molar-refractivity contribution >= 4 is 12.2 Å². The second-order valence-corrected chi connectivity index (χ2v) is 6.49. The number of ether oxygens (including phenoxy) is 1. The Morgan fingerprint density at radius 2 is 1.61 bits per heavy atom. The van der Waals surface area contributed by atoms with E-state index in [1.165, 1.54) is 11.3 Å². The predicted octanol–water partition coefficient (Wildman–Crippen LogP) is 3.63. The number of nitrogens with zero attached hydrogens (tertiary/aromatic N) is 2. The molecule has 0 bridgehead atoms. The van der Waals surface area contributed by atoms with Crippen molar-refractivity contribution in [2.75, 3.05) is 13.1 Å². The molecule has 0 radical (unpaired) electrons. The molecule has 0 saturated carbocycles. The predicted molar refractivity (Wildman–Crippen MR) is 111 cm³/mol. The Kier molecular flexibility index (Phi) is 5.63. The minimum atomic E-state index is 0.435. The Morgan fingerprint density at radius 3 is 2.29 bits per heavy atom. The second kappa shape index (κ2) is 8.86. The van der Waals surface area contributed by atoms with Crippen LogP contribution >= 0.6 is 0 Å². The van der Waals surface area contributed by atoms with E-state index in [1.807, 2.05) is 48.5 Å². The Labute approximate surface area is 164 Å². The van der Waals surface area contributed by atoms with Gasteiger partial charge in [0.2, 0.25) is 0 Å². The van der Waals surface area contributed by atoms with E-state index in [0.29, 0.717) is 6.61 Å². The molecule has 28 heavy (non-hydrogen) atoms. The molecule has 2 aromatic heterocycles. The molecule has 0 unspecified atom stereocenters. The number of hydrogen-bond acceptors (Lipinski definition) is 5. The molecule has 1 saturated heterocycles. The Hall–Kier alpha value is -3.60. The molecular formula is C23H22N4O. The molecule has 1 fully saturated rings. The number of hydrogen-bond donors (Lipinski definition) is 2. The molecule has 5 nitrogen and oxygen atoms in total. The van der Waals surface area contributed by atoms with E-state index in [-0.39, 0.29) is 0 Å². The fraction of sp³-hybridized carbons (Fsp3) is 0.130. The number of piperazine rings is 1. The number of rotatable bonds is 5. The van der Waals surface area contributed by atoms with E-state index < -0.39 is 0 Å². The van der Waals surface area contributed by atoms with Gasteiger partial charge in [0.05, 0.1) is 30.7 Å². The van der Waals surface area contributed by atoms with Crippen molar-refractivity contribution in [2.24, 2.45) is 0 Å². The summed E-state index contributed by atoms with van der Waals surface area (Å²) in [6, 6.07) is 20.0. The maximum atomic E-state index is 5.73. The van der Waals surface area contributed by atoms with Crippen LogP contribution in [0.1, 0.15) is 17.0 Å². The quantitative estimate of drug-likeness (QED) is 0.718. The van der Waals surface area contributed by atoms with Gasteiger partial charge in [-0.2, -0.15) is 0 Å². The number of benzene rings is 1. The van der Waals surface area contributed by atoms with Crippen LogP contribution < -0.4 is 15.4 Å². The highest BCUT2D eigenvalue weighted by Gasteiger charge is 2.08. The maximum absolute atomic E-state index is 5.73. The summed E-state index contributed by atoms with van der Waals surface area (Å²) < 4.78 is 5.73. The van der Waals surface area contributed by atoms with Gasteiger partial charge < -0.3 is 15.4 Å². The first kappa shape index (κ1) is 17.8. The van der Waals surface area contributed by atoms with Gasteiger partial charge in [0.1, 0.15) is 12.4 Å². The molecule has 0 amide bonds. The highest BCUT2D eigenvalue weighted by molar-refractivity contribution is 5.55. The van der Waals surface area contributed by atoms with Crippen LogP contribution in [0.2, 0.25) is 0 Å². The van der Waals surface area contributed by atoms with E-state index >= 15 is 0 Å². The second-order valence-electron chi connectivity index (χ2n) is 6.49. The molecule has 1 aliphatic rings. The number of nitrogens with one attached hydrogen (secondary N) is 2. The molecule has 4 rings (SSSR count). The monoisotopic (exact) mass is 370 g/mol. The third-order valence-electron chi connectivity index (χ3n) is 4.35. The summed E-state index contributed by atoms with van der Waals surface area (Å²) in [5, 5.41) is 6.91. The van der Waals surface area contributed by atoms with Gasteiger partial charge in [0, 0.05) is 17.6 Å². The van der Waals surface area contributed by atoms with Gasteiger partial charge in [0.15, 0.2) is 0 Å². The lowest BCUT2D eigenvalue weighted by Crippen LogP contribution is -2.36. The maximum Gasteiger partial charge on any atom is 0.138 e. The summed E-state index contributed by atoms with van der Waals surface area (Å²) in [5.74, 6) is 0.732. The van der Waals surface area contributed by atoms with Crippen molar-refractivity contribution in [3.05, 3.63) is 101 Å². The van der Waals surface area contributed by atoms with Crippen molar-refractivity contribution in [1.29, 1.82) is 0 Å². The smallest absolute Gasteiger partial charge is 0.138 e. The normalized spacial score (nSPS) is 16.4. The molecule has 0 spiro atoms. The number of pyridine rings is 2. The van der Waals surface area contributed by atoms with E-state index in [2.05, 4.69) is 44.9 Å². The third-order valence-corrected chi connectivity index (χ3v) is 4.35. The summed E-state index contributed by atoms with van der Waals surface area (Å²) in [6.45, 7) is 1.95. The van der Waals surface area contributed by atoms with Crippen LogP contribution in [0.4, 0.5) is 0 Å². The first-order chi connectivity index (χ1) is 13.8. The van der Waals surface area contributed by atoms with Crippen LogP contribution in [0.3, 0.4) is 0 Å². The first-order valence-electron chi connectivity index (χ1n) is 9.28. The van der Waals surface area contributed by atoms with Crippen molar-refractivity contribution in [2.45, 2.75) is 6.61 Å². The average molecular weight is 370 g/mol. The third kappa shape index (κ3) is 4.98. The summed E-state index contributed by atoms with van der Waals surface area (Å²) in [6.07, 6.45) is 7.72.